The zero-order chi connectivity index (χ0) is 19.4. The topological polar surface area (TPSA) is 55.1 Å². The van der Waals surface area contributed by atoms with Crippen LogP contribution in [0.15, 0.2) is 55.0 Å². The van der Waals surface area contributed by atoms with Crippen molar-refractivity contribution in [1.29, 1.82) is 0 Å². The number of nitrogens with zero attached hydrogens (tertiary/aromatic N) is 4. The number of nitrogens with one attached hydrogen (secondary N) is 1. The van der Waals surface area contributed by atoms with E-state index in [2.05, 4.69) is 29.2 Å². The second-order valence-electron chi connectivity index (χ2n) is 6.69. The van der Waals surface area contributed by atoms with Crippen molar-refractivity contribution >= 4 is 5.91 Å². The van der Waals surface area contributed by atoms with Crippen molar-refractivity contribution in [3.63, 3.8) is 0 Å². The van der Waals surface area contributed by atoms with Crippen molar-refractivity contribution in [2.75, 3.05) is 20.1 Å². The highest BCUT2D eigenvalue weighted by atomic mass is 19.1. The van der Waals surface area contributed by atoms with Crippen molar-refractivity contribution in [2.24, 2.45) is 0 Å². The van der Waals surface area contributed by atoms with Crippen LogP contribution in [0, 0.1) is 5.82 Å². The largest absolute Gasteiger partial charge is 0.351 e. The number of hydrogen-bond acceptors (Lipinski definition) is 3. The van der Waals surface area contributed by atoms with E-state index in [0.717, 1.165) is 6.54 Å². The molecule has 2 aromatic heterocycles. The molecule has 0 aliphatic rings. The lowest BCUT2D eigenvalue weighted by molar-refractivity contribution is 0.0948. The molecule has 0 unspecified atom stereocenters. The Balaban J connectivity index is 1.87. The highest BCUT2D eigenvalue weighted by molar-refractivity contribution is 5.97. The van der Waals surface area contributed by atoms with Crippen molar-refractivity contribution in [2.45, 2.75) is 19.9 Å². The summed E-state index contributed by atoms with van der Waals surface area (Å²) in [7, 11) is 2.02. The van der Waals surface area contributed by atoms with E-state index < -0.39 is 0 Å². The Bertz CT molecular complexity index is 884. The fraction of sp³-hybridized carbons (Fsp3) is 0.300. The van der Waals surface area contributed by atoms with Crippen molar-refractivity contribution in [3.05, 3.63) is 66.4 Å². The Kier molecular flexibility index (Phi) is 5.71. The number of carbonyl (C=O) groups is 1. The smallest absolute Gasteiger partial charge is 0.256 e. The van der Waals surface area contributed by atoms with Crippen LogP contribution in [0.1, 0.15) is 24.2 Å². The van der Waals surface area contributed by atoms with Gasteiger partial charge in [-0.2, -0.15) is 5.10 Å². The van der Waals surface area contributed by atoms with Gasteiger partial charge in [0, 0.05) is 31.5 Å². The van der Waals surface area contributed by atoms with E-state index in [1.54, 1.807) is 23.0 Å². The van der Waals surface area contributed by atoms with E-state index >= 15 is 0 Å². The molecule has 0 aliphatic carbocycles. The summed E-state index contributed by atoms with van der Waals surface area (Å²) in [6.07, 6.45) is 5.24. The van der Waals surface area contributed by atoms with Gasteiger partial charge in [0.2, 0.25) is 0 Å². The highest BCUT2D eigenvalue weighted by Gasteiger charge is 2.19. The van der Waals surface area contributed by atoms with Gasteiger partial charge < -0.3 is 14.8 Å². The Hall–Kier alpha value is -2.93. The van der Waals surface area contributed by atoms with Crippen LogP contribution in [0.5, 0.6) is 0 Å². The molecule has 1 aromatic carbocycles. The Labute approximate surface area is 158 Å². The fourth-order valence-corrected chi connectivity index (χ4v) is 2.70. The van der Waals surface area contributed by atoms with Crippen LogP contribution < -0.4 is 5.32 Å². The molecule has 0 aliphatic heterocycles. The zero-order valence-electron chi connectivity index (χ0n) is 15.8. The molecule has 0 saturated carbocycles. The molecule has 1 N–H and O–H groups in total. The number of aromatic nitrogens is 3. The summed E-state index contributed by atoms with van der Waals surface area (Å²) >= 11 is 0. The molecule has 0 fully saturated rings. The van der Waals surface area contributed by atoms with Crippen molar-refractivity contribution in [3.8, 4) is 11.5 Å². The van der Waals surface area contributed by atoms with Crippen LogP contribution in [0.25, 0.3) is 11.5 Å². The number of likely N-dealkylation sites (N-methyl/N-ethyl adjacent to an activating group) is 1. The molecular formula is C20H24FN5O. The molecule has 2 heterocycles. The predicted molar refractivity (Wildman–Crippen MR) is 103 cm³/mol. The van der Waals surface area contributed by atoms with E-state index in [0.29, 0.717) is 29.7 Å². The zero-order valence-corrected chi connectivity index (χ0v) is 15.8. The number of amides is 1. The third kappa shape index (κ3) is 4.25. The molecule has 3 aromatic rings. The maximum Gasteiger partial charge on any atom is 0.256 e. The van der Waals surface area contributed by atoms with Crippen LogP contribution in [0.3, 0.4) is 0 Å². The first-order valence-corrected chi connectivity index (χ1v) is 8.93. The van der Waals surface area contributed by atoms with Crippen LogP contribution >= 0.6 is 0 Å². The van der Waals surface area contributed by atoms with Gasteiger partial charge in [-0.05, 0) is 57.3 Å². The predicted octanol–water partition coefficient (Wildman–Crippen LogP) is 2.87. The van der Waals surface area contributed by atoms with Crippen LogP contribution in [-0.4, -0.2) is 51.3 Å². The summed E-state index contributed by atoms with van der Waals surface area (Å²) in [5.74, 6) is 0.103. The van der Waals surface area contributed by atoms with Gasteiger partial charge in [0.25, 0.3) is 5.91 Å². The Morgan fingerprint density at radius 1 is 1.22 bits per heavy atom. The summed E-state index contributed by atoms with van der Waals surface area (Å²) in [5.41, 5.74) is 1.14. The highest BCUT2D eigenvalue weighted by Crippen LogP contribution is 2.20. The maximum atomic E-state index is 13.3. The van der Waals surface area contributed by atoms with E-state index in [1.165, 1.54) is 12.1 Å². The lowest BCUT2D eigenvalue weighted by Crippen LogP contribution is -2.36. The average Bonchev–Trinajstić information content (AvgIpc) is 3.31. The molecule has 0 bridgehead atoms. The van der Waals surface area contributed by atoms with Crippen LogP contribution in [0.2, 0.25) is 0 Å². The molecule has 0 atom stereocenters. The molecule has 0 saturated heterocycles. The summed E-state index contributed by atoms with van der Waals surface area (Å²) in [6, 6.07) is 10.2. The number of rotatable bonds is 7. The normalized spacial score (nSPS) is 11.3. The minimum atomic E-state index is -0.319. The third-order valence-corrected chi connectivity index (χ3v) is 4.54. The van der Waals surface area contributed by atoms with Gasteiger partial charge in [-0.1, -0.05) is 0 Å². The molecule has 3 rings (SSSR count). The molecular weight excluding hydrogens is 345 g/mol. The number of carbonyl (C=O) groups excluding carboxylic acids is 1. The van der Waals surface area contributed by atoms with E-state index in [-0.39, 0.29) is 11.7 Å². The van der Waals surface area contributed by atoms with Gasteiger partial charge in [0.1, 0.15) is 11.4 Å². The van der Waals surface area contributed by atoms with E-state index in [1.807, 2.05) is 36.1 Å². The Morgan fingerprint density at radius 3 is 2.52 bits per heavy atom. The van der Waals surface area contributed by atoms with Gasteiger partial charge in [-0.3, -0.25) is 4.79 Å². The second-order valence-corrected chi connectivity index (χ2v) is 6.69. The SMILES string of the molecule is CC(C)N(C)CCNC(=O)c1cnn(-c2ccc(F)cc2)c1-n1cccc1. The molecule has 27 heavy (non-hydrogen) atoms. The lowest BCUT2D eigenvalue weighted by atomic mass is 10.2. The van der Waals surface area contributed by atoms with E-state index in [9.17, 15) is 9.18 Å². The molecule has 0 spiro atoms. The third-order valence-electron chi connectivity index (χ3n) is 4.54. The van der Waals surface area contributed by atoms with Crippen molar-refractivity contribution < 1.29 is 9.18 Å². The average molecular weight is 369 g/mol. The first-order valence-electron chi connectivity index (χ1n) is 8.93. The number of hydrogen-bond donors (Lipinski definition) is 1. The molecule has 6 nitrogen and oxygen atoms in total. The molecule has 0 radical (unpaired) electrons. The van der Waals surface area contributed by atoms with E-state index in [4.69, 9.17) is 0 Å². The first kappa shape index (κ1) is 18.8. The van der Waals surface area contributed by atoms with Gasteiger partial charge in [0.15, 0.2) is 5.82 Å². The lowest BCUT2D eigenvalue weighted by Gasteiger charge is -2.20. The monoisotopic (exact) mass is 369 g/mol. The summed E-state index contributed by atoms with van der Waals surface area (Å²) in [4.78, 5) is 14.9. The summed E-state index contributed by atoms with van der Waals surface area (Å²) in [5, 5.41) is 7.32. The minimum Gasteiger partial charge on any atom is -0.351 e. The van der Waals surface area contributed by atoms with Crippen LogP contribution in [0.4, 0.5) is 4.39 Å². The van der Waals surface area contributed by atoms with Crippen molar-refractivity contribution in [1.82, 2.24) is 24.6 Å². The maximum absolute atomic E-state index is 13.3. The molecule has 7 heteroatoms. The van der Waals surface area contributed by atoms with Gasteiger partial charge >= 0.3 is 0 Å². The number of halogens is 1. The second kappa shape index (κ2) is 8.18. The molecule has 1 amide bonds. The summed E-state index contributed by atoms with van der Waals surface area (Å²) in [6.45, 7) is 5.52. The van der Waals surface area contributed by atoms with Gasteiger partial charge in [-0.15, -0.1) is 0 Å². The quantitative estimate of drug-likeness (QED) is 0.697. The molecule has 142 valence electrons. The first-order chi connectivity index (χ1) is 13.0. The standard InChI is InChI=1S/C20H24FN5O/c1-15(2)24(3)13-10-22-19(27)18-14-23-26(17-8-6-16(21)7-9-17)20(18)25-11-4-5-12-25/h4-9,11-12,14-15H,10,13H2,1-3H3,(H,22,27). The fourth-order valence-electron chi connectivity index (χ4n) is 2.70. The summed E-state index contributed by atoms with van der Waals surface area (Å²) < 4.78 is 16.7. The Morgan fingerprint density at radius 2 is 1.89 bits per heavy atom. The van der Waals surface area contributed by atoms with Crippen LogP contribution in [-0.2, 0) is 0 Å². The number of benzene rings is 1. The van der Waals surface area contributed by atoms with Gasteiger partial charge in [0.05, 0.1) is 11.9 Å². The minimum absolute atomic E-state index is 0.191. The van der Waals surface area contributed by atoms with Gasteiger partial charge in [-0.25, -0.2) is 9.07 Å².